The third-order valence-electron chi connectivity index (χ3n) is 2.14. The molecule has 84 valence electrons. The van der Waals surface area contributed by atoms with Crippen molar-refractivity contribution < 1.29 is 13.5 Å². The summed E-state index contributed by atoms with van der Waals surface area (Å²) in [5, 5.41) is 3.10. The quantitative estimate of drug-likeness (QED) is 0.761. The van der Waals surface area contributed by atoms with Crippen LogP contribution in [0.4, 0.5) is 8.78 Å². The zero-order chi connectivity index (χ0) is 11.3. The van der Waals surface area contributed by atoms with Crippen LogP contribution in [0.2, 0.25) is 0 Å². The summed E-state index contributed by atoms with van der Waals surface area (Å²) in [5.41, 5.74) is 0.601. The first-order valence-corrected chi connectivity index (χ1v) is 4.82. The van der Waals surface area contributed by atoms with Gasteiger partial charge >= 0.3 is 0 Å². The predicted octanol–water partition coefficient (Wildman–Crippen LogP) is 2.26. The highest BCUT2D eigenvalue weighted by molar-refractivity contribution is 5.20. The Kier molecular flexibility index (Phi) is 4.65. The third kappa shape index (κ3) is 3.93. The SMILES string of the molecule is COCCN[C@H](C)c1cc(F)cc(F)c1. The van der Waals surface area contributed by atoms with Crippen LogP contribution < -0.4 is 5.32 Å². The molecule has 0 heterocycles. The zero-order valence-electron chi connectivity index (χ0n) is 8.89. The van der Waals surface area contributed by atoms with E-state index >= 15 is 0 Å². The topological polar surface area (TPSA) is 21.3 Å². The van der Waals surface area contributed by atoms with Crippen molar-refractivity contribution >= 4 is 0 Å². The van der Waals surface area contributed by atoms with E-state index in [9.17, 15) is 8.78 Å². The highest BCUT2D eigenvalue weighted by Gasteiger charge is 2.07. The fourth-order valence-electron chi connectivity index (χ4n) is 1.32. The van der Waals surface area contributed by atoms with E-state index in [2.05, 4.69) is 5.32 Å². The summed E-state index contributed by atoms with van der Waals surface area (Å²) < 4.78 is 30.6. The van der Waals surface area contributed by atoms with Gasteiger partial charge in [0.15, 0.2) is 0 Å². The van der Waals surface area contributed by atoms with Gasteiger partial charge in [-0.1, -0.05) is 0 Å². The Balaban J connectivity index is 2.60. The zero-order valence-corrected chi connectivity index (χ0v) is 8.89. The molecule has 1 rings (SSSR count). The van der Waals surface area contributed by atoms with Crippen molar-refractivity contribution in [3.8, 4) is 0 Å². The number of methoxy groups -OCH3 is 1. The molecule has 1 aromatic carbocycles. The van der Waals surface area contributed by atoms with E-state index in [0.717, 1.165) is 6.07 Å². The van der Waals surface area contributed by atoms with E-state index in [1.165, 1.54) is 12.1 Å². The summed E-state index contributed by atoms with van der Waals surface area (Å²) in [5.74, 6) is -1.10. The normalized spacial score (nSPS) is 12.8. The van der Waals surface area contributed by atoms with Gasteiger partial charge in [-0.25, -0.2) is 8.78 Å². The number of benzene rings is 1. The number of nitrogens with one attached hydrogen (secondary N) is 1. The maximum Gasteiger partial charge on any atom is 0.126 e. The minimum absolute atomic E-state index is 0.0923. The molecule has 1 aromatic rings. The fourth-order valence-corrected chi connectivity index (χ4v) is 1.32. The lowest BCUT2D eigenvalue weighted by Gasteiger charge is -2.14. The van der Waals surface area contributed by atoms with E-state index in [4.69, 9.17) is 4.74 Å². The fraction of sp³-hybridized carbons (Fsp3) is 0.455. The molecule has 15 heavy (non-hydrogen) atoms. The van der Waals surface area contributed by atoms with Gasteiger partial charge in [0.2, 0.25) is 0 Å². The van der Waals surface area contributed by atoms with Gasteiger partial charge < -0.3 is 10.1 Å². The lowest BCUT2D eigenvalue weighted by Crippen LogP contribution is -2.23. The average molecular weight is 215 g/mol. The molecule has 4 heteroatoms. The van der Waals surface area contributed by atoms with E-state index in [-0.39, 0.29) is 6.04 Å². The minimum Gasteiger partial charge on any atom is -0.383 e. The van der Waals surface area contributed by atoms with Crippen LogP contribution in [0.5, 0.6) is 0 Å². The van der Waals surface area contributed by atoms with Crippen LogP contribution in [0, 0.1) is 11.6 Å². The average Bonchev–Trinajstić information content (AvgIpc) is 2.16. The van der Waals surface area contributed by atoms with Crippen molar-refractivity contribution in [1.29, 1.82) is 0 Å². The second-order valence-electron chi connectivity index (χ2n) is 3.37. The first kappa shape index (κ1) is 12.1. The summed E-state index contributed by atoms with van der Waals surface area (Å²) >= 11 is 0. The lowest BCUT2D eigenvalue weighted by atomic mass is 10.1. The smallest absolute Gasteiger partial charge is 0.126 e. The number of hydrogen-bond acceptors (Lipinski definition) is 2. The van der Waals surface area contributed by atoms with Crippen LogP contribution >= 0.6 is 0 Å². The summed E-state index contributed by atoms with van der Waals surface area (Å²) in [7, 11) is 1.61. The molecule has 0 spiro atoms. The molecule has 0 aliphatic rings. The summed E-state index contributed by atoms with van der Waals surface area (Å²) in [4.78, 5) is 0. The highest BCUT2D eigenvalue weighted by atomic mass is 19.1. The van der Waals surface area contributed by atoms with Gasteiger partial charge in [0.25, 0.3) is 0 Å². The van der Waals surface area contributed by atoms with Gasteiger partial charge in [0.05, 0.1) is 6.61 Å². The Morgan fingerprint density at radius 3 is 2.40 bits per heavy atom. The summed E-state index contributed by atoms with van der Waals surface area (Å²) in [6.07, 6.45) is 0. The number of rotatable bonds is 5. The third-order valence-corrected chi connectivity index (χ3v) is 2.14. The van der Waals surface area contributed by atoms with Crippen LogP contribution in [-0.4, -0.2) is 20.3 Å². The van der Waals surface area contributed by atoms with Gasteiger partial charge in [-0.15, -0.1) is 0 Å². The van der Waals surface area contributed by atoms with Gasteiger partial charge in [0.1, 0.15) is 11.6 Å². The van der Waals surface area contributed by atoms with Crippen LogP contribution in [0.3, 0.4) is 0 Å². The van der Waals surface area contributed by atoms with Crippen molar-refractivity contribution in [3.63, 3.8) is 0 Å². The lowest BCUT2D eigenvalue weighted by molar-refractivity contribution is 0.196. The molecule has 0 saturated heterocycles. The van der Waals surface area contributed by atoms with Gasteiger partial charge in [-0.2, -0.15) is 0 Å². The second-order valence-corrected chi connectivity index (χ2v) is 3.37. The molecule has 2 nitrogen and oxygen atoms in total. The Bertz CT molecular complexity index is 297. The van der Waals surface area contributed by atoms with Crippen molar-refractivity contribution in [2.75, 3.05) is 20.3 Å². The largest absolute Gasteiger partial charge is 0.383 e. The monoisotopic (exact) mass is 215 g/mol. The molecular formula is C11H15F2NO. The van der Waals surface area contributed by atoms with Crippen LogP contribution in [0.25, 0.3) is 0 Å². The molecule has 0 bridgehead atoms. The molecule has 0 fully saturated rings. The number of ether oxygens (including phenoxy) is 1. The van der Waals surface area contributed by atoms with E-state index in [0.29, 0.717) is 18.7 Å². The maximum absolute atomic E-state index is 12.9. The van der Waals surface area contributed by atoms with Gasteiger partial charge in [-0.05, 0) is 24.6 Å². The Morgan fingerprint density at radius 1 is 1.27 bits per heavy atom. The Morgan fingerprint density at radius 2 is 1.87 bits per heavy atom. The molecule has 1 atom stereocenters. The van der Waals surface area contributed by atoms with Gasteiger partial charge in [-0.3, -0.25) is 0 Å². The van der Waals surface area contributed by atoms with E-state index < -0.39 is 11.6 Å². The highest BCUT2D eigenvalue weighted by Crippen LogP contribution is 2.15. The maximum atomic E-state index is 12.9. The minimum atomic E-state index is -0.551. The molecule has 0 amide bonds. The summed E-state index contributed by atoms with van der Waals surface area (Å²) in [6.45, 7) is 3.07. The second kappa shape index (κ2) is 5.78. The first-order chi connectivity index (χ1) is 7.13. The van der Waals surface area contributed by atoms with Gasteiger partial charge in [0, 0.05) is 25.8 Å². The van der Waals surface area contributed by atoms with Crippen molar-refractivity contribution in [1.82, 2.24) is 5.32 Å². The Labute approximate surface area is 88.3 Å². The molecule has 0 radical (unpaired) electrons. The van der Waals surface area contributed by atoms with E-state index in [1.54, 1.807) is 7.11 Å². The van der Waals surface area contributed by atoms with Crippen molar-refractivity contribution in [2.45, 2.75) is 13.0 Å². The first-order valence-electron chi connectivity index (χ1n) is 4.82. The van der Waals surface area contributed by atoms with Crippen LogP contribution in [0.15, 0.2) is 18.2 Å². The molecule has 0 aliphatic heterocycles. The van der Waals surface area contributed by atoms with Crippen molar-refractivity contribution in [2.24, 2.45) is 0 Å². The van der Waals surface area contributed by atoms with Crippen molar-refractivity contribution in [3.05, 3.63) is 35.4 Å². The Hall–Kier alpha value is -1.00. The van der Waals surface area contributed by atoms with Crippen LogP contribution in [-0.2, 0) is 4.74 Å². The summed E-state index contributed by atoms with van der Waals surface area (Å²) in [6, 6.07) is 3.43. The van der Waals surface area contributed by atoms with Crippen LogP contribution in [0.1, 0.15) is 18.5 Å². The molecule has 0 aliphatic carbocycles. The standard InChI is InChI=1S/C11H15F2NO/c1-8(14-3-4-15-2)9-5-10(12)7-11(13)6-9/h5-8,14H,3-4H2,1-2H3/t8-/m1/s1. The molecular weight excluding hydrogens is 200 g/mol. The number of hydrogen-bond donors (Lipinski definition) is 1. The molecule has 1 N–H and O–H groups in total. The predicted molar refractivity (Wildman–Crippen MR) is 54.7 cm³/mol. The molecule has 0 saturated carbocycles. The molecule has 0 unspecified atom stereocenters. The number of halogens is 2. The molecule has 0 aromatic heterocycles. The van der Waals surface area contributed by atoms with E-state index in [1.807, 2.05) is 6.92 Å².